The molecule has 1 saturated carbocycles. The van der Waals surface area contributed by atoms with E-state index >= 15 is 0 Å². The molecule has 0 spiro atoms. The van der Waals surface area contributed by atoms with Crippen molar-refractivity contribution >= 4 is 28.6 Å². The van der Waals surface area contributed by atoms with Crippen LogP contribution < -0.4 is 5.32 Å². The Hall–Kier alpha value is -3.17. The first-order valence-electron chi connectivity index (χ1n) is 9.87. The molecular formula is C23H24N4O2. The number of aryl methyl sites for hydroxylation is 1. The minimum absolute atomic E-state index is 0.0722. The van der Waals surface area contributed by atoms with Crippen molar-refractivity contribution in [2.45, 2.75) is 51.2 Å². The van der Waals surface area contributed by atoms with Gasteiger partial charge in [-0.25, -0.2) is 9.83 Å². The van der Waals surface area contributed by atoms with Crippen molar-refractivity contribution in [2.75, 3.05) is 5.32 Å². The SMILES string of the molecule is [C-]#[N+]c1cc2c(cc1C)nc(NC(=O)C[C@](C)(O)c1ccccc1)n2C1CCC1. The lowest BCUT2D eigenvalue weighted by atomic mass is 9.92. The van der Waals surface area contributed by atoms with Crippen molar-refractivity contribution in [3.05, 3.63) is 65.0 Å². The van der Waals surface area contributed by atoms with E-state index in [1.54, 1.807) is 6.92 Å². The van der Waals surface area contributed by atoms with Crippen LogP contribution in [0.5, 0.6) is 0 Å². The van der Waals surface area contributed by atoms with Gasteiger partial charge in [-0.1, -0.05) is 30.3 Å². The molecule has 4 rings (SSSR count). The summed E-state index contributed by atoms with van der Waals surface area (Å²) in [6, 6.07) is 13.2. The molecule has 0 aliphatic heterocycles. The summed E-state index contributed by atoms with van der Waals surface area (Å²) in [6.07, 6.45) is 3.12. The maximum atomic E-state index is 12.8. The number of imidazole rings is 1. The fourth-order valence-electron chi connectivity index (χ4n) is 3.84. The Labute approximate surface area is 170 Å². The van der Waals surface area contributed by atoms with Crippen LogP contribution in [-0.2, 0) is 10.4 Å². The van der Waals surface area contributed by atoms with E-state index < -0.39 is 5.60 Å². The van der Waals surface area contributed by atoms with Gasteiger partial charge in [-0.3, -0.25) is 10.1 Å². The van der Waals surface area contributed by atoms with Gasteiger partial charge < -0.3 is 9.67 Å². The largest absolute Gasteiger partial charge is 0.385 e. The van der Waals surface area contributed by atoms with Gasteiger partial charge in [0.05, 0.1) is 29.6 Å². The zero-order chi connectivity index (χ0) is 20.6. The Bertz CT molecular complexity index is 1110. The van der Waals surface area contributed by atoms with E-state index in [9.17, 15) is 9.90 Å². The maximum Gasteiger partial charge on any atom is 0.229 e. The average molecular weight is 388 g/mol. The molecule has 148 valence electrons. The highest BCUT2D eigenvalue weighted by Gasteiger charge is 2.29. The van der Waals surface area contributed by atoms with Gasteiger partial charge in [-0.15, -0.1) is 0 Å². The summed E-state index contributed by atoms with van der Waals surface area (Å²) in [5.74, 6) is 0.192. The number of anilines is 1. The van der Waals surface area contributed by atoms with Crippen LogP contribution in [0.25, 0.3) is 15.9 Å². The van der Waals surface area contributed by atoms with E-state index in [4.69, 9.17) is 6.57 Å². The third kappa shape index (κ3) is 3.62. The molecule has 0 unspecified atom stereocenters. The second-order valence-corrected chi connectivity index (χ2v) is 7.99. The number of nitrogens with one attached hydrogen (secondary N) is 1. The van der Waals surface area contributed by atoms with Crippen molar-refractivity contribution < 1.29 is 9.90 Å². The Balaban J connectivity index is 1.65. The van der Waals surface area contributed by atoms with Crippen LogP contribution in [0.4, 0.5) is 11.6 Å². The number of hydrogen-bond donors (Lipinski definition) is 2. The number of carbonyl (C=O) groups is 1. The Kier molecular flexibility index (Phi) is 4.85. The van der Waals surface area contributed by atoms with Crippen LogP contribution in [0.15, 0.2) is 42.5 Å². The van der Waals surface area contributed by atoms with Crippen molar-refractivity contribution in [1.82, 2.24) is 9.55 Å². The van der Waals surface area contributed by atoms with Gasteiger partial charge in [-0.2, -0.15) is 0 Å². The third-order valence-electron chi connectivity index (χ3n) is 5.72. The van der Waals surface area contributed by atoms with Gasteiger partial charge in [0.25, 0.3) is 0 Å². The number of aliphatic hydroxyl groups is 1. The molecule has 1 amide bonds. The molecule has 29 heavy (non-hydrogen) atoms. The molecule has 1 aromatic heterocycles. The van der Waals surface area contributed by atoms with Gasteiger partial charge in [-0.05, 0) is 56.4 Å². The molecule has 2 N–H and O–H groups in total. The number of hydrogen-bond acceptors (Lipinski definition) is 3. The molecule has 1 aliphatic carbocycles. The highest BCUT2D eigenvalue weighted by Crippen LogP contribution is 2.39. The number of amides is 1. The zero-order valence-corrected chi connectivity index (χ0v) is 16.6. The van der Waals surface area contributed by atoms with Gasteiger partial charge in [0.1, 0.15) is 0 Å². The van der Waals surface area contributed by atoms with E-state index in [1.807, 2.05) is 54.0 Å². The first-order chi connectivity index (χ1) is 13.9. The molecule has 1 atom stereocenters. The summed E-state index contributed by atoms with van der Waals surface area (Å²) in [5, 5.41) is 13.7. The molecule has 6 heteroatoms. The average Bonchev–Trinajstić information content (AvgIpc) is 2.96. The fraction of sp³-hybridized carbons (Fsp3) is 0.348. The van der Waals surface area contributed by atoms with Crippen molar-refractivity contribution in [3.8, 4) is 0 Å². The zero-order valence-electron chi connectivity index (χ0n) is 16.6. The van der Waals surface area contributed by atoms with E-state index in [0.717, 1.165) is 35.9 Å². The molecule has 6 nitrogen and oxygen atoms in total. The Morgan fingerprint density at radius 3 is 2.69 bits per heavy atom. The number of rotatable bonds is 5. The quantitative estimate of drug-likeness (QED) is 0.613. The normalized spacial score (nSPS) is 16.1. The van der Waals surface area contributed by atoms with Crippen molar-refractivity contribution in [1.29, 1.82) is 0 Å². The second kappa shape index (κ2) is 7.34. The monoisotopic (exact) mass is 388 g/mol. The van der Waals surface area contributed by atoms with Crippen LogP contribution in [0, 0.1) is 13.5 Å². The summed E-state index contributed by atoms with van der Waals surface area (Å²) in [4.78, 5) is 21.0. The molecule has 1 heterocycles. The van der Waals surface area contributed by atoms with Crippen LogP contribution in [-0.4, -0.2) is 20.6 Å². The molecule has 3 aromatic rings. The summed E-state index contributed by atoms with van der Waals surface area (Å²) in [5.41, 5.74) is 2.54. The van der Waals surface area contributed by atoms with Gasteiger partial charge in [0, 0.05) is 6.04 Å². The van der Waals surface area contributed by atoms with E-state index in [1.165, 1.54) is 0 Å². The van der Waals surface area contributed by atoms with Gasteiger partial charge in [0.15, 0.2) is 5.69 Å². The Morgan fingerprint density at radius 2 is 2.07 bits per heavy atom. The summed E-state index contributed by atoms with van der Waals surface area (Å²) in [6.45, 7) is 10.9. The highest BCUT2D eigenvalue weighted by atomic mass is 16.3. The molecular weight excluding hydrogens is 364 g/mol. The predicted molar refractivity (Wildman–Crippen MR) is 113 cm³/mol. The summed E-state index contributed by atoms with van der Waals surface area (Å²) < 4.78 is 2.04. The summed E-state index contributed by atoms with van der Waals surface area (Å²) >= 11 is 0. The molecule has 2 aromatic carbocycles. The lowest BCUT2D eigenvalue weighted by molar-refractivity contribution is -0.120. The van der Waals surface area contributed by atoms with Crippen molar-refractivity contribution in [3.63, 3.8) is 0 Å². The van der Waals surface area contributed by atoms with Crippen LogP contribution in [0.3, 0.4) is 0 Å². The number of benzene rings is 2. The molecule has 0 radical (unpaired) electrons. The van der Waals surface area contributed by atoms with Crippen LogP contribution in [0.1, 0.15) is 49.8 Å². The number of aromatic nitrogens is 2. The second-order valence-electron chi connectivity index (χ2n) is 7.99. The minimum atomic E-state index is -1.27. The first kappa shape index (κ1) is 19.2. The minimum Gasteiger partial charge on any atom is -0.385 e. The topological polar surface area (TPSA) is 71.5 Å². The highest BCUT2D eigenvalue weighted by molar-refractivity contribution is 5.93. The Morgan fingerprint density at radius 1 is 1.34 bits per heavy atom. The molecule has 0 bridgehead atoms. The molecule has 1 aliphatic rings. The van der Waals surface area contributed by atoms with Crippen molar-refractivity contribution in [2.24, 2.45) is 0 Å². The third-order valence-corrected chi connectivity index (χ3v) is 5.72. The first-order valence-corrected chi connectivity index (χ1v) is 9.87. The number of nitrogens with zero attached hydrogens (tertiary/aromatic N) is 3. The van der Waals surface area contributed by atoms with Crippen LogP contribution >= 0.6 is 0 Å². The standard InChI is InChI=1S/C23H24N4O2/c1-15-12-19-20(13-18(15)24-3)27(17-10-7-11-17)22(25-19)26-21(28)14-23(2,29)16-8-5-4-6-9-16/h4-6,8-9,12-13,17,29H,7,10-11,14H2,1-2H3,(H,25,26,28)/t23-/m0/s1. The fourth-order valence-corrected chi connectivity index (χ4v) is 3.84. The van der Waals surface area contributed by atoms with Crippen LogP contribution in [0.2, 0.25) is 0 Å². The van der Waals surface area contributed by atoms with E-state index in [-0.39, 0.29) is 18.4 Å². The van der Waals surface area contributed by atoms with E-state index in [2.05, 4.69) is 15.1 Å². The molecule has 1 fully saturated rings. The van der Waals surface area contributed by atoms with Gasteiger partial charge >= 0.3 is 0 Å². The maximum absolute atomic E-state index is 12.8. The lowest BCUT2D eigenvalue weighted by Crippen LogP contribution is -2.30. The number of fused-ring (bicyclic) bond motifs is 1. The smallest absolute Gasteiger partial charge is 0.229 e. The lowest BCUT2D eigenvalue weighted by Gasteiger charge is -2.29. The summed E-state index contributed by atoms with van der Waals surface area (Å²) in [7, 11) is 0. The molecule has 0 saturated heterocycles. The number of carbonyl (C=O) groups excluding carboxylic acids is 1. The van der Waals surface area contributed by atoms with Gasteiger partial charge in [0.2, 0.25) is 11.9 Å². The van der Waals surface area contributed by atoms with E-state index in [0.29, 0.717) is 17.2 Å². The predicted octanol–water partition coefficient (Wildman–Crippen LogP) is 4.86.